The fourth-order valence-corrected chi connectivity index (χ4v) is 2.73. The first-order valence-corrected chi connectivity index (χ1v) is 8.34. The van der Waals surface area contributed by atoms with Crippen molar-refractivity contribution in [1.29, 1.82) is 0 Å². The van der Waals surface area contributed by atoms with Gasteiger partial charge in [0.25, 0.3) is 15.0 Å². The van der Waals surface area contributed by atoms with Crippen molar-refractivity contribution in [1.82, 2.24) is 5.32 Å². The lowest BCUT2D eigenvalue weighted by Gasteiger charge is -2.22. The van der Waals surface area contributed by atoms with Crippen LogP contribution in [0.25, 0.3) is 0 Å². The van der Waals surface area contributed by atoms with Gasteiger partial charge in [-0.2, -0.15) is 0 Å². The van der Waals surface area contributed by atoms with E-state index in [1.54, 1.807) is 20.8 Å². The van der Waals surface area contributed by atoms with Crippen molar-refractivity contribution >= 4 is 25.6 Å². The Hall–Kier alpha value is -1.47. The van der Waals surface area contributed by atoms with Crippen molar-refractivity contribution in [2.45, 2.75) is 31.2 Å². The van der Waals surface area contributed by atoms with Crippen molar-refractivity contribution in [3.63, 3.8) is 0 Å². The SMILES string of the molecule is COc1ccc(S(=O)(=O)Cl)c(OC)c1C(=O)NC(C)(C)C. The highest BCUT2D eigenvalue weighted by Gasteiger charge is 2.28. The Morgan fingerprint density at radius 3 is 2.14 bits per heavy atom. The van der Waals surface area contributed by atoms with Gasteiger partial charge < -0.3 is 14.8 Å². The summed E-state index contributed by atoms with van der Waals surface area (Å²) in [6, 6.07) is 2.59. The predicted octanol–water partition coefficient (Wildman–Crippen LogP) is 2.16. The molecule has 0 atom stereocenters. The maximum absolute atomic E-state index is 12.4. The Labute approximate surface area is 128 Å². The first-order chi connectivity index (χ1) is 9.51. The van der Waals surface area contributed by atoms with Crippen LogP contribution >= 0.6 is 10.7 Å². The third kappa shape index (κ3) is 4.25. The quantitative estimate of drug-likeness (QED) is 0.853. The molecule has 0 fully saturated rings. The minimum absolute atomic E-state index is 0.0170. The molecule has 1 rings (SSSR count). The molecule has 1 aromatic rings. The summed E-state index contributed by atoms with van der Waals surface area (Å²) in [5, 5.41) is 2.73. The molecule has 1 N–H and O–H groups in total. The van der Waals surface area contributed by atoms with Crippen LogP contribution in [0.15, 0.2) is 17.0 Å². The minimum atomic E-state index is -4.06. The Morgan fingerprint density at radius 2 is 1.76 bits per heavy atom. The fourth-order valence-electron chi connectivity index (χ4n) is 1.73. The number of nitrogens with one attached hydrogen (secondary N) is 1. The zero-order chi connectivity index (χ0) is 16.4. The molecular weight excluding hydrogens is 318 g/mol. The summed E-state index contributed by atoms with van der Waals surface area (Å²) in [5.74, 6) is -0.470. The van der Waals surface area contributed by atoms with Crippen LogP contribution in [0.4, 0.5) is 0 Å². The Balaban J connectivity index is 3.57. The van der Waals surface area contributed by atoms with Crippen LogP contribution in [-0.2, 0) is 9.05 Å². The van der Waals surface area contributed by atoms with Gasteiger partial charge >= 0.3 is 0 Å². The molecule has 8 heteroatoms. The molecular formula is C13H18ClNO5S. The van der Waals surface area contributed by atoms with E-state index in [-0.39, 0.29) is 22.0 Å². The first-order valence-electron chi connectivity index (χ1n) is 6.03. The van der Waals surface area contributed by atoms with Gasteiger partial charge in [0.2, 0.25) is 0 Å². The summed E-state index contributed by atoms with van der Waals surface area (Å²) in [4.78, 5) is 12.1. The molecule has 6 nitrogen and oxygen atoms in total. The van der Waals surface area contributed by atoms with Gasteiger partial charge in [0.15, 0.2) is 5.75 Å². The summed E-state index contributed by atoms with van der Waals surface area (Å²) >= 11 is 0. The molecule has 0 unspecified atom stereocenters. The average molecular weight is 336 g/mol. The molecule has 0 aromatic heterocycles. The van der Waals surface area contributed by atoms with E-state index in [9.17, 15) is 13.2 Å². The largest absolute Gasteiger partial charge is 0.496 e. The van der Waals surface area contributed by atoms with Gasteiger partial charge in [-0.15, -0.1) is 0 Å². The maximum Gasteiger partial charge on any atom is 0.265 e. The maximum atomic E-state index is 12.4. The second kappa shape index (κ2) is 6.11. The minimum Gasteiger partial charge on any atom is -0.496 e. The number of halogens is 1. The number of methoxy groups -OCH3 is 2. The van der Waals surface area contributed by atoms with Gasteiger partial charge in [0, 0.05) is 16.2 Å². The third-order valence-corrected chi connectivity index (χ3v) is 3.83. The highest BCUT2D eigenvalue weighted by atomic mass is 35.7. The molecule has 0 aliphatic heterocycles. The van der Waals surface area contributed by atoms with Gasteiger partial charge in [0.05, 0.1) is 14.2 Å². The predicted molar refractivity (Wildman–Crippen MR) is 79.8 cm³/mol. The van der Waals surface area contributed by atoms with E-state index >= 15 is 0 Å². The topological polar surface area (TPSA) is 81.7 Å². The van der Waals surface area contributed by atoms with Crippen LogP contribution in [0.5, 0.6) is 11.5 Å². The van der Waals surface area contributed by atoms with Gasteiger partial charge in [-0.1, -0.05) is 0 Å². The number of ether oxygens (including phenoxy) is 2. The number of benzene rings is 1. The summed E-state index contributed by atoms with van der Waals surface area (Å²) in [6.45, 7) is 5.39. The molecule has 118 valence electrons. The molecule has 0 saturated heterocycles. The van der Waals surface area contributed by atoms with Crippen molar-refractivity contribution in [2.24, 2.45) is 0 Å². The third-order valence-electron chi connectivity index (χ3n) is 2.49. The summed E-state index contributed by atoms with van der Waals surface area (Å²) < 4.78 is 33.4. The number of hydrogen-bond donors (Lipinski definition) is 1. The van der Waals surface area contributed by atoms with Crippen LogP contribution < -0.4 is 14.8 Å². The number of carbonyl (C=O) groups is 1. The molecule has 0 bridgehead atoms. The molecule has 0 saturated carbocycles. The molecule has 0 aliphatic carbocycles. The van der Waals surface area contributed by atoms with Crippen LogP contribution in [0, 0.1) is 0 Å². The van der Waals surface area contributed by atoms with Crippen LogP contribution in [0.1, 0.15) is 31.1 Å². The lowest BCUT2D eigenvalue weighted by atomic mass is 10.1. The first kappa shape index (κ1) is 17.6. The van der Waals surface area contributed by atoms with E-state index in [2.05, 4.69) is 5.32 Å². The van der Waals surface area contributed by atoms with Crippen molar-refractivity contribution in [3.8, 4) is 11.5 Å². The number of rotatable bonds is 4. The molecule has 1 aromatic carbocycles. The summed E-state index contributed by atoms with van der Waals surface area (Å²) in [6.07, 6.45) is 0. The summed E-state index contributed by atoms with van der Waals surface area (Å²) in [5.41, 5.74) is -0.528. The van der Waals surface area contributed by atoms with Crippen molar-refractivity contribution in [3.05, 3.63) is 17.7 Å². The van der Waals surface area contributed by atoms with Crippen LogP contribution in [0.3, 0.4) is 0 Å². The average Bonchev–Trinajstić information content (AvgIpc) is 2.33. The van der Waals surface area contributed by atoms with Crippen molar-refractivity contribution < 1.29 is 22.7 Å². The fraction of sp³-hybridized carbons (Fsp3) is 0.462. The normalized spacial score (nSPS) is 11.9. The molecule has 0 aliphatic rings. The van der Waals surface area contributed by atoms with E-state index in [0.717, 1.165) is 0 Å². The Bertz CT molecular complexity index is 649. The molecule has 21 heavy (non-hydrogen) atoms. The Morgan fingerprint density at radius 1 is 1.19 bits per heavy atom. The van der Waals surface area contributed by atoms with Gasteiger partial charge in [0.1, 0.15) is 16.2 Å². The second-order valence-electron chi connectivity index (χ2n) is 5.32. The zero-order valence-electron chi connectivity index (χ0n) is 12.5. The monoisotopic (exact) mass is 335 g/mol. The van der Waals surface area contributed by atoms with Crippen LogP contribution in [0.2, 0.25) is 0 Å². The summed E-state index contributed by atoms with van der Waals surface area (Å²) in [7, 11) is 3.94. The van der Waals surface area contributed by atoms with E-state index in [1.165, 1.54) is 26.4 Å². The van der Waals surface area contributed by atoms with E-state index < -0.39 is 20.5 Å². The van der Waals surface area contributed by atoms with Gasteiger partial charge in [-0.05, 0) is 32.9 Å². The molecule has 0 spiro atoms. The zero-order valence-corrected chi connectivity index (χ0v) is 14.1. The van der Waals surface area contributed by atoms with Crippen molar-refractivity contribution in [2.75, 3.05) is 14.2 Å². The number of carbonyl (C=O) groups excluding carboxylic acids is 1. The lowest BCUT2D eigenvalue weighted by molar-refractivity contribution is 0.0912. The van der Waals surface area contributed by atoms with Crippen LogP contribution in [-0.4, -0.2) is 34.1 Å². The van der Waals surface area contributed by atoms with E-state index in [1.807, 2.05) is 0 Å². The smallest absolute Gasteiger partial charge is 0.265 e. The highest BCUT2D eigenvalue weighted by molar-refractivity contribution is 8.13. The molecule has 1 amide bonds. The highest BCUT2D eigenvalue weighted by Crippen LogP contribution is 2.36. The number of amides is 1. The van der Waals surface area contributed by atoms with E-state index in [0.29, 0.717) is 0 Å². The lowest BCUT2D eigenvalue weighted by Crippen LogP contribution is -2.40. The number of hydrogen-bond acceptors (Lipinski definition) is 5. The molecule has 0 radical (unpaired) electrons. The molecule has 0 heterocycles. The van der Waals surface area contributed by atoms with Gasteiger partial charge in [-0.3, -0.25) is 4.79 Å². The van der Waals surface area contributed by atoms with E-state index in [4.69, 9.17) is 20.2 Å². The Kier molecular flexibility index (Phi) is 5.11. The standard InChI is InChI=1S/C13H18ClNO5S/c1-13(2,3)15-12(16)10-8(19-4)6-7-9(11(10)20-5)21(14,17)18/h6-7H,1-5H3,(H,15,16). The second-order valence-corrected chi connectivity index (χ2v) is 7.85. The van der Waals surface area contributed by atoms with Gasteiger partial charge in [-0.25, -0.2) is 8.42 Å².